The summed E-state index contributed by atoms with van der Waals surface area (Å²) in [5, 5.41) is 2.78. The fraction of sp³-hybridized carbons (Fsp3) is 0.429. The highest BCUT2D eigenvalue weighted by Crippen LogP contribution is 2.20. The highest BCUT2D eigenvalue weighted by Gasteiger charge is 2.30. The summed E-state index contributed by atoms with van der Waals surface area (Å²) >= 11 is 0. The summed E-state index contributed by atoms with van der Waals surface area (Å²) in [7, 11) is 0. The van der Waals surface area contributed by atoms with Gasteiger partial charge in [-0.15, -0.1) is 0 Å². The number of para-hydroxylation sites is 1. The van der Waals surface area contributed by atoms with E-state index < -0.39 is 18.7 Å². The number of piperazine rings is 1. The van der Waals surface area contributed by atoms with Crippen molar-refractivity contribution in [2.45, 2.75) is 19.1 Å². The maximum absolute atomic E-state index is 12.5. The summed E-state index contributed by atoms with van der Waals surface area (Å²) in [4.78, 5) is 20.8. The van der Waals surface area contributed by atoms with Crippen LogP contribution in [0.4, 0.5) is 18.9 Å². The number of hydrogen-bond acceptors (Lipinski definition) is 5. The number of rotatable bonds is 7. The van der Waals surface area contributed by atoms with Crippen LogP contribution in [0.15, 0.2) is 48.7 Å². The molecule has 1 N–H and O–H groups in total. The summed E-state index contributed by atoms with van der Waals surface area (Å²) in [6, 6.07) is 13.2. The van der Waals surface area contributed by atoms with Crippen molar-refractivity contribution in [3.8, 4) is 5.88 Å². The normalized spacial score (nSPS) is 16.2. The molecule has 1 aliphatic heterocycles. The average Bonchev–Trinajstić information content (AvgIpc) is 2.76. The molecule has 1 aliphatic rings. The first kappa shape index (κ1) is 21.9. The van der Waals surface area contributed by atoms with Crippen molar-refractivity contribution in [2.24, 2.45) is 0 Å². The fourth-order valence-electron chi connectivity index (χ4n) is 3.35. The molecular formula is C21H25F3N4O2. The highest BCUT2D eigenvalue weighted by molar-refractivity contribution is 5.96. The Kier molecular flexibility index (Phi) is 7.15. The van der Waals surface area contributed by atoms with E-state index >= 15 is 0 Å². The Balaban J connectivity index is 1.49. The van der Waals surface area contributed by atoms with Crippen LogP contribution in [0.25, 0.3) is 0 Å². The summed E-state index contributed by atoms with van der Waals surface area (Å²) < 4.78 is 41.9. The third-order valence-corrected chi connectivity index (χ3v) is 5.01. The summed E-state index contributed by atoms with van der Waals surface area (Å²) in [5.41, 5.74) is 1.18. The molecule has 6 nitrogen and oxygen atoms in total. The number of pyridine rings is 1. The van der Waals surface area contributed by atoms with E-state index in [1.165, 1.54) is 24.0 Å². The Labute approximate surface area is 173 Å². The Hall–Kier alpha value is -2.81. The van der Waals surface area contributed by atoms with Crippen LogP contribution in [0.5, 0.6) is 5.88 Å². The van der Waals surface area contributed by atoms with Gasteiger partial charge in [-0.2, -0.15) is 13.2 Å². The van der Waals surface area contributed by atoms with Crippen LogP contribution in [0.2, 0.25) is 0 Å². The largest absolute Gasteiger partial charge is 0.467 e. The molecule has 1 aromatic carbocycles. The number of amides is 1. The number of alkyl halides is 3. The van der Waals surface area contributed by atoms with Crippen LogP contribution in [0.1, 0.15) is 17.3 Å². The van der Waals surface area contributed by atoms with Crippen molar-refractivity contribution < 1.29 is 22.7 Å². The number of benzene rings is 1. The molecule has 1 saturated heterocycles. The van der Waals surface area contributed by atoms with Crippen LogP contribution in [-0.2, 0) is 0 Å². The summed E-state index contributed by atoms with van der Waals surface area (Å²) in [5.74, 6) is -0.827. The van der Waals surface area contributed by atoms with E-state index in [4.69, 9.17) is 0 Å². The molecule has 1 unspecified atom stereocenters. The van der Waals surface area contributed by atoms with E-state index in [1.807, 2.05) is 25.1 Å². The third-order valence-electron chi connectivity index (χ3n) is 5.01. The number of hydrogen-bond donors (Lipinski definition) is 1. The molecule has 3 rings (SSSR count). The van der Waals surface area contributed by atoms with Crippen LogP contribution >= 0.6 is 0 Å². The molecular weight excluding hydrogens is 397 g/mol. The summed E-state index contributed by atoms with van der Waals surface area (Å²) in [6.45, 7) is 4.39. The maximum atomic E-state index is 12.5. The predicted molar refractivity (Wildman–Crippen MR) is 108 cm³/mol. The number of aromatic nitrogens is 1. The predicted octanol–water partition coefficient (Wildman–Crippen LogP) is 2.96. The molecule has 1 fully saturated rings. The smallest absolute Gasteiger partial charge is 0.422 e. The molecule has 1 aromatic heterocycles. The lowest BCUT2D eigenvalue weighted by atomic mass is 10.2. The van der Waals surface area contributed by atoms with Crippen LogP contribution in [0, 0.1) is 0 Å². The number of nitrogens with zero attached hydrogens (tertiary/aromatic N) is 3. The maximum Gasteiger partial charge on any atom is 0.422 e. The van der Waals surface area contributed by atoms with Crippen molar-refractivity contribution >= 4 is 11.6 Å². The fourth-order valence-corrected chi connectivity index (χ4v) is 3.35. The first-order chi connectivity index (χ1) is 14.3. The minimum Gasteiger partial charge on any atom is -0.467 e. The Morgan fingerprint density at radius 1 is 1.13 bits per heavy atom. The van der Waals surface area contributed by atoms with E-state index in [0.29, 0.717) is 6.54 Å². The van der Waals surface area contributed by atoms with E-state index in [-0.39, 0.29) is 17.5 Å². The molecule has 0 saturated carbocycles. The third kappa shape index (κ3) is 6.09. The van der Waals surface area contributed by atoms with Gasteiger partial charge >= 0.3 is 6.18 Å². The second-order valence-corrected chi connectivity index (χ2v) is 7.18. The van der Waals surface area contributed by atoms with Crippen LogP contribution in [-0.4, -0.2) is 67.3 Å². The van der Waals surface area contributed by atoms with E-state index in [2.05, 4.69) is 37.0 Å². The first-order valence-corrected chi connectivity index (χ1v) is 9.80. The van der Waals surface area contributed by atoms with Gasteiger partial charge in [-0.25, -0.2) is 4.98 Å². The van der Waals surface area contributed by atoms with Gasteiger partial charge in [-0.3, -0.25) is 9.69 Å². The van der Waals surface area contributed by atoms with Gasteiger partial charge < -0.3 is 15.0 Å². The van der Waals surface area contributed by atoms with Gasteiger partial charge in [0.2, 0.25) is 5.88 Å². The zero-order valence-electron chi connectivity index (χ0n) is 16.7. The van der Waals surface area contributed by atoms with Gasteiger partial charge in [0.15, 0.2) is 6.61 Å². The quantitative estimate of drug-likeness (QED) is 0.744. The van der Waals surface area contributed by atoms with Gasteiger partial charge in [0.05, 0.1) is 0 Å². The van der Waals surface area contributed by atoms with Gasteiger partial charge in [-0.05, 0) is 31.2 Å². The molecule has 0 bridgehead atoms. The van der Waals surface area contributed by atoms with Crippen molar-refractivity contribution in [2.75, 3.05) is 44.2 Å². The number of anilines is 1. The van der Waals surface area contributed by atoms with Gasteiger partial charge in [0.25, 0.3) is 5.91 Å². The molecule has 1 atom stereocenters. The van der Waals surface area contributed by atoms with Crippen molar-refractivity contribution in [1.29, 1.82) is 0 Å². The number of carbonyl (C=O) groups is 1. The minimum absolute atomic E-state index is 0.0113. The van der Waals surface area contributed by atoms with Gasteiger partial charge in [0, 0.05) is 50.6 Å². The minimum atomic E-state index is -4.50. The zero-order valence-corrected chi connectivity index (χ0v) is 16.7. The Morgan fingerprint density at radius 3 is 2.50 bits per heavy atom. The number of halogens is 3. The summed E-state index contributed by atoms with van der Waals surface area (Å²) in [6.07, 6.45) is -3.21. The lowest BCUT2D eigenvalue weighted by Gasteiger charge is -2.39. The lowest BCUT2D eigenvalue weighted by Crippen LogP contribution is -2.52. The SMILES string of the molecule is CC(CNC(=O)c1cccnc1OCC(F)(F)F)N1CCN(c2ccccc2)CC1. The molecule has 2 aromatic rings. The van der Waals surface area contributed by atoms with E-state index in [0.717, 1.165) is 26.2 Å². The molecule has 1 amide bonds. The molecule has 0 radical (unpaired) electrons. The number of nitrogens with one attached hydrogen (secondary N) is 1. The van der Waals surface area contributed by atoms with E-state index in [1.54, 1.807) is 0 Å². The monoisotopic (exact) mass is 422 g/mol. The van der Waals surface area contributed by atoms with Gasteiger partial charge in [0.1, 0.15) is 5.56 Å². The molecule has 162 valence electrons. The van der Waals surface area contributed by atoms with Gasteiger partial charge in [-0.1, -0.05) is 18.2 Å². The standard InChI is InChI=1S/C21H25F3N4O2/c1-16(27-10-12-28(13-11-27)17-6-3-2-4-7-17)14-26-19(29)18-8-5-9-25-20(18)30-15-21(22,23)24/h2-9,16H,10-15H2,1H3,(H,26,29). The molecule has 30 heavy (non-hydrogen) atoms. The van der Waals surface area contributed by atoms with E-state index in [9.17, 15) is 18.0 Å². The van der Waals surface area contributed by atoms with Crippen LogP contribution < -0.4 is 15.0 Å². The highest BCUT2D eigenvalue weighted by atomic mass is 19.4. The topological polar surface area (TPSA) is 57.7 Å². The second kappa shape index (κ2) is 9.80. The second-order valence-electron chi connectivity index (χ2n) is 7.18. The average molecular weight is 422 g/mol. The van der Waals surface area contributed by atoms with Crippen molar-refractivity contribution in [1.82, 2.24) is 15.2 Å². The van der Waals surface area contributed by atoms with Crippen LogP contribution in [0.3, 0.4) is 0 Å². The van der Waals surface area contributed by atoms with Crippen molar-refractivity contribution in [3.63, 3.8) is 0 Å². The molecule has 0 spiro atoms. The first-order valence-electron chi connectivity index (χ1n) is 9.80. The zero-order chi connectivity index (χ0) is 21.6. The Bertz CT molecular complexity index is 825. The molecule has 0 aliphatic carbocycles. The molecule has 2 heterocycles. The lowest BCUT2D eigenvalue weighted by molar-refractivity contribution is -0.154. The number of ether oxygens (including phenoxy) is 1. The van der Waals surface area contributed by atoms with Crippen molar-refractivity contribution in [3.05, 3.63) is 54.2 Å². The molecule has 9 heteroatoms. The number of carbonyl (C=O) groups excluding carboxylic acids is 1. The Morgan fingerprint density at radius 2 is 1.83 bits per heavy atom.